The Labute approximate surface area is 193 Å². The first kappa shape index (κ1) is 23.7. The summed E-state index contributed by atoms with van der Waals surface area (Å²) in [5.41, 5.74) is 2.02. The van der Waals surface area contributed by atoms with Gasteiger partial charge in [0.2, 0.25) is 5.91 Å². The first-order valence-electron chi connectivity index (χ1n) is 10.8. The number of aryl methyl sites for hydroxylation is 2. The summed E-state index contributed by atoms with van der Waals surface area (Å²) in [5, 5.41) is 12.3. The summed E-state index contributed by atoms with van der Waals surface area (Å²) < 4.78 is 12.7. The van der Waals surface area contributed by atoms with Crippen LogP contribution in [0.1, 0.15) is 31.7 Å². The van der Waals surface area contributed by atoms with E-state index in [2.05, 4.69) is 39.1 Å². The molecule has 0 bridgehead atoms. The van der Waals surface area contributed by atoms with Crippen molar-refractivity contribution in [3.05, 3.63) is 59.9 Å². The number of aromatic nitrogens is 3. The van der Waals surface area contributed by atoms with Gasteiger partial charge in [-0.05, 0) is 68.7 Å². The molecule has 3 rings (SSSR count). The highest BCUT2D eigenvalue weighted by Crippen LogP contribution is 2.20. The highest BCUT2D eigenvalue weighted by atomic mass is 32.2. The van der Waals surface area contributed by atoms with Crippen LogP contribution in [0.15, 0.2) is 53.7 Å². The second-order valence-electron chi connectivity index (χ2n) is 7.14. The molecule has 0 saturated carbocycles. The van der Waals surface area contributed by atoms with Crippen LogP contribution in [0.5, 0.6) is 11.5 Å². The van der Waals surface area contributed by atoms with Gasteiger partial charge < -0.3 is 19.4 Å². The number of ether oxygens (including phenoxy) is 2. The first-order valence-corrected chi connectivity index (χ1v) is 11.8. The lowest BCUT2D eigenvalue weighted by Crippen LogP contribution is -2.14. The maximum Gasteiger partial charge on any atom is 0.234 e. The summed E-state index contributed by atoms with van der Waals surface area (Å²) >= 11 is 1.40. The van der Waals surface area contributed by atoms with Crippen molar-refractivity contribution in [1.29, 1.82) is 0 Å². The lowest BCUT2D eigenvalue weighted by atomic mass is 10.1. The van der Waals surface area contributed by atoms with E-state index in [1.54, 1.807) is 7.11 Å². The Hall–Kier alpha value is -3.00. The molecule has 32 heavy (non-hydrogen) atoms. The Kier molecular flexibility index (Phi) is 8.98. The number of nitrogens with one attached hydrogen (secondary N) is 1. The van der Waals surface area contributed by atoms with Crippen LogP contribution in [0.4, 0.5) is 5.69 Å². The van der Waals surface area contributed by atoms with Crippen LogP contribution in [0.2, 0.25) is 0 Å². The van der Waals surface area contributed by atoms with E-state index in [4.69, 9.17) is 9.47 Å². The maximum absolute atomic E-state index is 12.3. The zero-order valence-electron chi connectivity index (χ0n) is 18.8. The van der Waals surface area contributed by atoms with E-state index < -0.39 is 0 Å². The van der Waals surface area contributed by atoms with E-state index in [0.717, 1.165) is 54.0 Å². The minimum absolute atomic E-state index is 0.0779. The smallest absolute Gasteiger partial charge is 0.234 e. The Balaban J connectivity index is 1.48. The summed E-state index contributed by atoms with van der Waals surface area (Å²) in [5.74, 6) is 2.81. The third-order valence-corrected chi connectivity index (χ3v) is 5.88. The zero-order valence-corrected chi connectivity index (χ0v) is 19.7. The number of carbonyl (C=O) groups is 1. The van der Waals surface area contributed by atoms with Gasteiger partial charge in [0.25, 0.3) is 0 Å². The molecule has 1 heterocycles. The summed E-state index contributed by atoms with van der Waals surface area (Å²) in [6, 6.07) is 15.5. The van der Waals surface area contributed by atoms with Crippen molar-refractivity contribution in [3.8, 4) is 11.5 Å². The van der Waals surface area contributed by atoms with Gasteiger partial charge in [0.15, 0.2) is 5.16 Å². The van der Waals surface area contributed by atoms with Crippen LogP contribution in [-0.4, -0.2) is 40.1 Å². The fourth-order valence-electron chi connectivity index (χ4n) is 3.30. The van der Waals surface area contributed by atoms with Crippen LogP contribution in [0.3, 0.4) is 0 Å². The molecule has 0 fully saturated rings. The zero-order chi connectivity index (χ0) is 22.8. The topological polar surface area (TPSA) is 78.3 Å². The average Bonchev–Trinajstić information content (AvgIpc) is 3.21. The number of amides is 1. The quantitative estimate of drug-likeness (QED) is 0.403. The van der Waals surface area contributed by atoms with Gasteiger partial charge in [-0.15, -0.1) is 10.2 Å². The van der Waals surface area contributed by atoms with Gasteiger partial charge in [0, 0.05) is 18.7 Å². The van der Waals surface area contributed by atoms with Crippen LogP contribution >= 0.6 is 11.8 Å². The SMILES string of the molecule is CCOc1ccc(NC(=O)CSc2nnc(CCCc3ccc(OC)cc3)n2CC)cc1. The molecule has 170 valence electrons. The van der Waals surface area contributed by atoms with Crippen molar-refractivity contribution in [2.75, 3.05) is 24.8 Å². The standard InChI is InChI=1S/C24H30N4O3S/c1-4-28-22(8-6-7-18-9-13-20(30-3)14-10-18)26-27-24(28)32-17-23(29)25-19-11-15-21(16-12-19)31-5-2/h9-16H,4-8,17H2,1-3H3,(H,25,29). The Morgan fingerprint density at radius 2 is 1.72 bits per heavy atom. The Morgan fingerprint density at radius 3 is 2.38 bits per heavy atom. The third kappa shape index (κ3) is 6.75. The number of nitrogens with zero attached hydrogens (tertiary/aromatic N) is 3. The molecule has 2 aromatic carbocycles. The number of rotatable bonds is 12. The van der Waals surface area contributed by atoms with Crippen molar-refractivity contribution < 1.29 is 14.3 Å². The molecule has 0 radical (unpaired) electrons. The predicted octanol–water partition coefficient (Wildman–Crippen LogP) is 4.61. The van der Waals surface area contributed by atoms with Crippen molar-refractivity contribution in [1.82, 2.24) is 14.8 Å². The molecule has 0 unspecified atom stereocenters. The second kappa shape index (κ2) is 12.1. The Morgan fingerprint density at radius 1 is 1.00 bits per heavy atom. The predicted molar refractivity (Wildman–Crippen MR) is 128 cm³/mol. The number of benzene rings is 2. The van der Waals surface area contributed by atoms with Gasteiger partial charge in [-0.2, -0.15) is 0 Å². The third-order valence-electron chi connectivity index (χ3n) is 4.92. The number of carbonyl (C=O) groups excluding carboxylic acids is 1. The Bertz CT molecular complexity index is 987. The van der Waals surface area contributed by atoms with E-state index in [-0.39, 0.29) is 11.7 Å². The van der Waals surface area contributed by atoms with Gasteiger partial charge in [0.1, 0.15) is 17.3 Å². The molecule has 0 spiro atoms. The van der Waals surface area contributed by atoms with Crippen molar-refractivity contribution in [2.45, 2.75) is 44.8 Å². The maximum atomic E-state index is 12.3. The second-order valence-corrected chi connectivity index (χ2v) is 8.08. The fourth-order valence-corrected chi connectivity index (χ4v) is 4.12. The van der Waals surface area contributed by atoms with Crippen molar-refractivity contribution in [3.63, 3.8) is 0 Å². The largest absolute Gasteiger partial charge is 0.497 e. The van der Waals surface area contributed by atoms with E-state index in [1.807, 2.05) is 43.3 Å². The van der Waals surface area contributed by atoms with Crippen molar-refractivity contribution >= 4 is 23.4 Å². The summed E-state index contributed by atoms with van der Waals surface area (Å²) in [7, 11) is 1.67. The molecule has 1 N–H and O–H groups in total. The first-order chi connectivity index (χ1) is 15.6. The van der Waals surface area contributed by atoms with Crippen LogP contribution in [0.25, 0.3) is 0 Å². The normalized spacial score (nSPS) is 10.7. The van der Waals surface area contributed by atoms with Crippen LogP contribution in [0, 0.1) is 0 Å². The van der Waals surface area contributed by atoms with Gasteiger partial charge in [-0.25, -0.2) is 0 Å². The minimum atomic E-state index is -0.0779. The van der Waals surface area contributed by atoms with Gasteiger partial charge in [0.05, 0.1) is 19.5 Å². The number of hydrogen-bond donors (Lipinski definition) is 1. The molecular weight excluding hydrogens is 424 g/mol. The summed E-state index contributed by atoms with van der Waals surface area (Å²) in [6.07, 6.45) is 2.78. The average molecular weight is 455 g/mol. The van der Waals surface area contributed by atoms with Crippen molar-refractivity contribution in [2.24, 2.45) is 0 Å². The summed E-state index contributed by atoms with van der Waals surface area (Å²) in [6.45, 7) is 5.40. The van der Waals surface area contributed by atoms with Gasteiger partial charge in [-0.3, -0.25) is 4.79 Å². The molecule has 0 atom stereocenters. The molecule has 3 aromatic rings. The number of anilines is 1. The molecular formula is C24H30N4O3S. The van der Waals surface area contributed by atoms with E-state index in [0.29, 0.717) is 6.61 Å². The molecule has 8 heteroatoms. The lowest BCUT2D eigenvalue weighted by molar-refractivity contribution is -0.113. The van der Waals surface area contributed by atoms with E-state index in [1.165, 1.54) is 17.3 Å². The lowest BCUT2D eigenvalue weighted by Gasteiger charge is -2.09. The van der Waals surface area contributed by atoms with E-state index >= 15 is 0 Å². The number of thioether (sulfide) groups is 1. The number of hydrogen-bond acceptors (Lipinski definition) is 6. The van der Waals surface area contributed by atoms with Crippen LogP contribution in [-0.2, 0) is 24.2 Å². The molecule has 7 nitrogen and oxygen atoms in total. The molecule has 0 aliphatic heterocycles. The minimum Gasteiger partial charge on any atom is -0.497 e. The molecule has 0 aliphatic rings. The highest BCUT2D eigenvalue weighted by molar-refractivity contribution is 7.99. The monoisotopic (exact) mass is 454 g/mol. The van der Waals surface area contributed by atoms with E-state index in [9.17, 15) is 4.79 Å². The fraction of sp³-hybridized carbons (Fsp3) is 0.375. The summed E-state index contributed by atoms with van der Waals surface area (Å²) in [4.78, 5) is 12.3. The molecule has 0 saturated heterocycles. The molecule has 0 aliphatic carbocycles. The molecule has 1 amide bonds. The van der Waals surface area contributed by atoms with Gasteiger partial charge >= 0.3 is 0 Å². The highest BCUT2D eigenvalue weighted by Gasteiger charge is 2.13. The van der Waals surface area contributed by atoms with Crippen LogP contribution < -0.4 is 14.8 Å². The number of methoxy groups -OCH3 is 1. The molecule has 1 aromatic heterocycles. The van der Waals surface area contributed by atoms with Gasteiger partial charge in [-0.1, -0.05) is 23.9 Å².